The quantitative estimate of drug-likeness (QED) is 0.682. The zero-order chi connectivity index (χ0) is 18.5. The molecule has 6 aliphatic rings. The van der Waals surface area contributed by atoms with E-state index in [0.717, 1.165) is 17.9 Å². The van der Waals surface area contributed by atoms with Gasteiger partial charge in [0.15, 0.2) is 0 Å². The smallest absolute Gasteiger partial charge is 0.333 e. The summed E-state index contributed by atoms with van der Waals surface area (Å²) in [6.07, 6.45) is 13.4. The van der Waals surface area contributed by atoms with Crippen LogP contribution in [-0.4, -0.2) is 25.2 Å². The highest BCUT2D eigenvalue weighted by atomic mass is 16.5. The fourth-order valence-electron chi connectivity index (χ4n) is 5.35. The first-order valence-electron chi connectivity index (χ1n) is 10.7. The van der Waals surface area contributed by atoms with Crippen LogP contribution in [0, 0.1) is 29.6 Å². The van der Waals surface area contributed by atoms with Crippen molar-refractivity contribution in [2.75, 3.05) is 13.2 Å². The van der Waals surface area contributed by atoms with Crippen molar-refractivity contribution in [3.63, 3.8) is 0 Å². The van der Waals surface area contributed by atoms with Gasteiger partial charge in [0.05, 0.1) is 19.1 Å². The lowest BCUT2D eigenvalue weighted by molar-refractivity contribution is -0.154. The van der Waals surface area contributed by atoms with Gasteiger partial charge in [-0.1, -0.05) is 18.9 Å². The highest BCUT2D eigenvalue weighted by Gasteiger charge is 2.40. The molecule has 4 nitrogen and oxygen atoms in total. The normalized spacial score (nSPS) is 34.4. The number of rotatable bonds is 4. The van der Waals surface area contributed by atoms with E-state index in [1.807, 2.05) is 13.8 Å². The van der Waals surface area contributed by atoms with Crippen molar-refractivity contribution in [3.05, 3.63) is 11.6 Å². The minimum absolute atomic E-state index is 0.0666. The van der Waals surface area contributed by atoms with Crippen molar-refractivity contribution >= 4 is 11.9 Å². The molecule has 4 fully saturated rings. The van der Waals surface area contributed by atoms with Crippen LogP contribution in [0.25, 0.3) is 0 Å². The van der Waals surface area contributed by atoms with Gasteiger partial charge in [-0.15, -0.1) is 0 Å². The van der Waals surface area contributed by atoms with E-state index < -0.39 is 0 Å². The Morgan fingerprint density at radius 3 is 2.04 bits per heavy atom. The highest BCUT2D eigenvalue weighted by Crippen LogP contribution is 2.45. The summed E-state index contributed by atoms with van der Waals surface area (Å²) in [6.45, 7) is 4.78. The number of fused-ring (bicyclic) bond motifs is 5. The lowest BCUT2D eigenvalue weighted by Gasteiger charge is -2.40. The first kappa shape index (κ1) is 19.4. The number of hydrogen-bond donors (Lipinski definition) is 0. The zero-order valence-electron chi connectivity index (χ0n) is 16.4. The number of carbonyl (C=O) groups excluding carboxylic acids is 2. The van der Waals surface area contributed by atoms with Gasteiger partial charge in [0.2, 0.25) is 0 Å². The minimum Gasteiger partial charge on any atom is -0.466 e. The van der Waals surface area contributed by atoms with Crippen LogP contribution in [0.4, 0.5) is 0 Å². The van der Waals surface area contributed by atoms with Gasteiger partial charge in [-0.2, -0.15) is 0 Å². The highest BCUT2D eigenvalue weighted by molar-refractivity contribution is 5.89. The van der Waals surface area contributed by atoms with Gasteiger partial charge in [0, 0.05) is 5.57 Å². The second kappa shape index (κ2) is 9.05. The Morgan fingerprint density at radius 2 is 1.58 bits per heavy atom. The summed E-state index contributed by atoms with van der Waals surface area (Å²) >= 11 is 0. The van der Waals surface area contributed by atoms with Gasteiger partial charge in [-0.3, -0.25) is 4.79 Å². The van der Waals surface area contributed by atoms with E-state index in [9.17, 15) is 9.59 Å². The third-order valence-electron chi connectivity index (χ3n) is 6.78. The largest absolute Gasteiger partial charge is 0.466 e. The molecule has 0 aromatic rings. The lowest BCUT2D eigenvalue weighted by Crippen LogP contribution is -2.36. The van der Waals surface area contributed by atoms with Crippen molar-refractivity contribution in [3.8, 4) is 0 Å². The van der Waals surface area contributed by atoms with E-state index >= 15 is 0 Å². The Kier molecular flexibility index (Phi) is 6.77. The van der Waals surface area contributed by atoms with E-state index in [2.05, 4.69) is 6.08 Å². The predicted octanol–water partition coefficient (Wildman–Crippen LogP) is 4.67. The summed E-state index contributed by atoms with van der Waals surface area (Å²) in [5.41, 5.74) is 0.962. The van der Waals surface area contributed by atoms with Crippen molar-refractivity contribution in [1.29, 1.82) is 0 Å². The van der Waals surface area contributed by atoms with E-state index in [1.54, 1.807) is 0 Å². The molecule has 0 heterocycles. The molecule has 0 amide bonds. The van der Waals surface area contributed by atoms with Crippen LogP contribution in [0.2, 0.25) is 0 Å². The molecule has 4 saturated carbocycles. The number of carbonyl (C=O) groups is 2. The number of hydrogen-bond acceptors (Lipinski definition) is 4. The molecular weight excluding hydrogens is 328 g/mol. The zero-order valence-corrected chi connectivity index (χ0v) is 16.4. The fourth-order valence-corrected chi connectivity index (χ4v) is 5.35. The third kappa shape index (κ3) is 4.50. The van der Waals surface area contributed by atoms with Gasteiger partial charge in [-0.05, 0) is 82.5 Å². The van der Waals surface area contributed by atoms with Crippen LogP contribution < -0.4 is 0 Å². The molecule has 0 aromatic carbocycles. The molecule has 0 aromatic heterocycles. The fraction of sp³-hybridized carbons (Fsp3) is 0.818. The molecule has 0 radical (unpaired) electrons. The van der Waals surface area contributed by atoms with Crippen LogP contribution in [0.3, 0.4) is 0 Å². The summed E-state index contributed by atoms with van der Waals surface area (Å²) in [7, 11) is 0. The van der Waals surface area contributed by atoms with Crippen molar-refractivity contribution in [1.82, 2.24) is 0 Å². The monoisotopic (exact) mass is 362 g/mol. The van der Waals surface area contributed by atoms with Gasteiger partial charge in [-0.25, -0.2) is 4.79 Å². The molecular formula is C22H34O4. The second-order valence-electron chi connectivity index (χ2n) is 8.33. The number of esters is 2. The van der Waals surface area contributed by atoms with E-state index in [-0.39, 0.29) is 17.9 Å². The standard InChI is InChI=1S/C11H18O2.C11H16O2/c2*1-2-13-11(12)10-7-8-3-5-9(10)6-4-8/h8-10H,2-7H2,1H3;7-9H,2-6H2,1H3. The van der Waals surface area contributed by atoms with Crippen LogP contribution in [0.1, 0.15) is 71.6 Å². The van der Waals surface area contributed by atoms with Crippen LogP contribution in [0.15, 0.2) is 11.6 Å². The number of ether oxygens (including phenoxy) is 2. The first-order chi connectivity index (χ1) is 12.6. The van der Waals surface area contributed by atoms with Crippen molar-refractivity contribution in [2.24, 2.45) is 29.6 Å². The maximum absolute atomic E-state index is 11.6. The summed E-state index contributed by atoms with van der Waals surface area (Å²) in [4.78, 5) is 23.1. The van der Waals surface area contributed by atoms with Gasteiger partial charge in [0.1, 0.15) is 0 Å². The molecule has 4 bridgehead atoms. The molecule has 6 aliphatic carbocycles. The van der Waals surface area contributed by atoms with Crippen molar-refractivity contribution in [2.45, 2.75) is 71.6 Å². The maximum atomic E-state index is 11.6. The molecule has 0 spiro atoms. The Morgan fingerprint density at radius 1 is 0.923 bits per heavy atom. The molecule has 0 aliphatic heterocycles. The second-order valence-corrected chi connectivity index (χ2v) is 8.33. The van der Waals surface area contributed by atoms with E-state index in [0.29, 0.717) is 31.0 Å². The van der Waals surface area contributed by atoms with E-state index in [1.165, 1.54) is 51.4 Å². The Balaban J connectivity index is 0.000000151. The van der Waals surface area contributed by atoms with Gasteiger partial charge in [0.25, 0.3) is 0 Å². The van der Waals surface area contributed by atoms with Gasteiger partial charge >= 0.3 is 11.9 Å². The van der Waals surface area contributed by atoms with E-state index in [4.69, 9.17) is 9.47 Å². The van der Waals surface area contributed by atoms with Gasteiger partial charge < -0.3 is 9.47 Å². The molecule has 146 valence electrons. The molecule has 6 rings (SSSR count). The average Bonchev–Trinajstić information content (AvgIpc) is 2.70. The van der Waals surface area contributed by atoms with Crippen molar-refractivity contribution < 1.29 is 19.1 Å². The Bertz CT molecular complexity index is 522. The summed E-state index contributed by atoms with van der Waals surface area (Å²) in [6, 6.07) is 0. The van der Waals surface area contributed by atoms with Crippen LogP contribution in [-0.2, 0) is 19.1 Å². The lowest BCUT2D eigenvalue weighted by atomic mass is 9.65. The summed E-state index contributed by atoms with van der Waals surface area (Å²) in [5, 5.41) is 0. The van der Waals surface area contributed by atoms with Crippen LogP contribution in [0.5, 0.6) is 0 Å². The molecule has 4 heteroatoms. The molecule has 0 saturated heterocycles. The Hall–Kier alpha value is -1.32. The summed E-state index contributed by atoms with van der Waals surface area (Å²) < 4.78 is 10.1. The Labute approximate surface area is 157 Å². The third-order valence-corrected chi connectivity index (χ3v) is 6.78. The molecule has 1 atom stereocenters. The van der Waals surface area contributed by atoms with Crippen LogP contribution >= 0.6 is 0 Å². The SMILES string of the molecule is CCOC(=O)C1=CC2CCC1CC2.CCOC(=O)C1CC2CCC1CC2. The topological polar surface area (TPSA) is 52.6 Å². The first-order valence-corrected chi connectivity index (χ1v) is 10.7. The summed E-state index contributed by atoms with van der Waals surface area (Å²) in [5.74, 6) is 2.86. The predicted molar refractivity (Wildman–Crippen MR) is 100 cm³/mol. The molecule has 0 N–H and O–H groups in total. The number of allylic oxidation sites excluding steroid dienone is 1. The molecule has 1 unspecified atom stereocenters. The average molecular weight is 363 g/mol. The maximum Gasteiger partial charge on any atom is 0.333 e. The molecule has 26 heavy (non-hydrogen) atoms. The minimum atomic E-state index is -0.0723.